The maximum absolute atomic E-state index is 10.5. The molecule has 2 fully saturated rings. The molecule has 8 N–H and O–H groups in total. The van der Waals surface area contributed by atoms with Gasteiger partial charge in [-0.05, 0) is 13.0 Å². The number of aliphatic hydroxyl groups is 7. The third-order valence-corrected chi connectivity index (χ3v) is 5.63. The molecule has 0 aliphatic carbocycles. The van der Waals surface area contributed by atoms with Crippen LogP contribution in [0.1, 0.15) is 39.0 Å². The summed E-state index contributed by atoms with van der Waals surface area (Å²) in [5.41, 5.74) is 0. The average Bonchev–Trinajstić information content (AvgIpc) is 2.75. The summed E-state index contributed by atoms with van der Waals surface area (Å²) in [6.07, 6.45) is -8.39. The fourth-order valence-corrected chi connectivity index (χ4v) is 3.73. The van der Waals surface area contributed by atoms with Gasteiger partial charge in [0.25, 0.3) is 0 Å². The Morgan fingerprint density at radius 3 is 2.03 bits per heavy atom. The van der Waals surface area contributed by atoms with Gasteiger partial charge in [-0.25, -0.2) is 0 Å². The van der Waals surface area contributed by atoms with E-state index in [1.54, 1.807) is 0 Å². The van der Waals surface area contributed by atoms with Gasteiger partial charge in [0.2, 0.25) is 0 Å². The molecule has 0 saturated carbocycles. The van der Waals surface area contributed by atoms with Crippen molar-refractivity contribution < 1.29 is 50.0 Å². The van der Waals surface area contributed by atoms with E-state index in [-0.39, 0.29) is 0 Å². The van der Waals surface area contributed by atoms with Crippen molar-refractivity contribution in [1.29, 1.82) is 0 Å². The first-order valence-electron chi connectivity index (χ1n) is 10.7. The lowest BCUT2D eigenvalue weighted by Gasteiger charge is -2.46. The molecule has 2 heterocycles. The molecule has 0 radical (unpaired) electrons. The van der Waals surface area contributed by atoms with Crippen molar-refractivity contribution in [3.8, 4) is 0 Å². The van der Waals surface area contributed by atoms with E-state index in [2.05, 4.69) is 12.2 Å². The molecule has 2 rings (SSSR count). The molecule has 0 aromatic rings. The highest BCUT2D eigenvalue weighted by Crippen LogP contribution is 2.28. The van der Waals surface area contributed by atoms with Crippen LogP contribution in [0.15, 0.2) is 0 Å². The fraction of sp³-hybridized carbons (Fsp3) is 1.00. The molecule has 2 saturated heterocycles. The topological polar surface area (TPSA) is 181 Å². The first-order chi connectivity index (χ1) is 14.3. The summed E-state index contributed by atoms with van der Waals surface area (Å²) in [5.74, 6) is 0. The lowest BCUT2D eigenvalue weighted by atomic mass is 9.96. The zero-order valence-electron chi connectivity index (χ0n) is 17.3. The standard InChI is InChI=1S/C19H37NO10/c1-2-3-4-5-6-7-20-18-15(26)14(25)17(11(9-22)28-18)30-19-16(27)13(24)12(23)10(8-21)29-19/h10-27H,2-9H2,1H3/t10-,11-,12+,13+,14-,15-,16-,17-,18?,19+/m1/s1. The Bertz CT molecular complexity index is 482. The van der Waals surface area contributed by atoms with Crippen molar-refractivity contribution in [1.82, 2.24) is 5.32 Å². The molecular formula is C19H37NO10. The molecule has 2 aliphatic rings. The Morgan fingerprint density at radius 2 is 1.40 bits per heavy atom. The van der Waals surface area contributed by atoms with Gasteiger partial charge in [-0.2, -0.15) is 0 Å². The van der Waals surface area contributed by atoms with Gasteiger partial charge in [0.05, 0.1) is 13.2 Å². The molecule has 0 aromatic carbocycles. The van der Waals surface area contributed by atoms with E-state index in [0.29, 0.717) is 6.54 Å². The highest BCUT2D eigenvalue weighted by atomic mass is 16.7. The van der Waals surface area contributed by atoms with Crippen LogP contribution < -0.4 is 5.32 Å². The number of hydrogen-bond acceptors (Lipinski definition) is 11. The van der Waals surface area contributed by atoms with Crippen LogP contribution in [0.3, 0.4) is 0 Å². The van der Waals surface area contributed by atoms with E-state index in [1.165, 1.54) is 0 Å². The second kappa shape index (κ2) is 12.6. The van der Waals surface area contributed by atoms with Crippen LogP contribution in [-0.2, 0) is 14.2 Å². The largest absolute Gasteiger partial charge is 0.394 e. The molecular weight excluding hydrogens is 402 g/mol. The summed E-state index contributed by atoms with van der Waals surface area (Å²) in [7, 11) is 0. The Balaban J connectivity index is 1.94. The zero-order valence-corrected chi connectivity index (χ0v) is 17.3. The molecule has 30 heavy (non-hydrogen) atoms. The molecule has 0 bridgehead atoms. The molecule has 178 valence electrons. The van der Waals surface area contributed by atoms with Gasteiger partial charge in [-0.3, -0.25) is 5.32 Å². The number of ether oxygens (including phenoxy) is 3. The second-order valence-electron chi connectivity index (χ2n) is 7.93. The van der Waals surface area contributed by atoms with Crippen molar-refractivity contribution in [3.63, 3.8) is 0 Å². The van der Waals surface area contributed by atoms with Gasteiger partial charge in [0, 0.05) is 0 Å². The van der Waals surface area contributed by atoms with E-state index in [9.17, 15) is 35.7 Å². The first kappa shape index (κ1) is 25.8. The third-order valence-electron chi connectivity index (χ3n) is 5.63. The minimum atomic E-state index is -1.68. The summed E-state index contributed by atoms with van der Waals surface area (Å²) < 4.78 is 16.4. The van der Waals surface area contributed by atoms with Gasteiger partial charge in [-0.1, -0.05) is 32.6 Å². The molecule has 2 aliphatic heterocycles. The van der Waals surface area contributed by atoms with Crippen molar-refractivity contribution in [2.75, 3.05) is 19.8 Å². The molecule has 0 aromatic heterocycles. The van der Waals surface area contributed by atoms with Crippen LogP contribution in [-0.4, -0.2) is 117 Å². The second-order valence-corrected chi connectivity index (χ2v) is 7.93. The highest BCUT2D eigenvalue weighted by Gasteiger charge is 2.50. The maximum atomic E-state index is 10.5. The van der Waals surface area contributed by atoms with E-state index in [4.69, 9.17) is 14.2 Å². The molecule has 10 atom stereocenters. The number of unbranched alkanes of at least 4 members (excludes halogenated alkanes) is 4. The maximum Gasteiger partial charge on any atom is 0.187 e. The summed E-state index contributed by atoms with van der Waals surface area (Å²) in [6, 6.07) is 0. The van der Waals surface area contributed by atoms with Crippen molar-refractivity contribution in [2.45, 2.75) is 100 Å². The fourth-order valence-electron chi connectivity index (χ4n) is 3.73. The van der Waals surface area contributed by atoms with Gasteiger partial charge in [0.1, 0.15) is 55.1 Å². The Morgan fingerprint density at radius 1 is 0.733 bits per heavy atom. The quantitative estimate of drug-likeness (QED) is 0.155. The minimum absolute atomic E-state index is 0.541. The van der Waals surface area contributed by atoms with Gasteiger partial charge < -0.3 is 50.0 Å². The Labute approximate surface area is 176 Å². The van der Waals surface area contributed by atoms with Crippen molar-refractivity contribution in [2.24, 2.45) is 0 Å². The van der Waals surface area contributed by atoms with E-state index < -0.39 is 74.6 Å². The lowest BCUT2D eigenvalue weighted by Crippen LogP contribution is -2.66. The van der Waals surface area contributed by atoms with Crippen LogP contribution >= 0.6 is 0 Å². The van der Waals surface area contributed by atoms with Crippen LogP contribution in [0.5, 0.6) is 0 Å². The third kappa shape index (κ3) is 6.30. The normalized spacial score (nSPS) is 42.4. The SMILES string of the molecule is CCCCCCCNC1O[C@H](CO)[C@@H](O[C@@H]2O[C@H](CO)[C@H](O)[C@H](O)[C@H]2O)[C@H](O)[C@H]1O. The summed E-state index contributed by atoms with van der Waals surface area (Å²) in [5, 5.41) is 72.8. The van der Waals surface area contributed by atoms with E-state index >= 15 is 0 Å². The lowest BCUT2D eigenvalue weighted by molar-refractivity contribution is -0.343. The average molecular weight is 440 g/mol. The predicted molar refractivity (Wildman–Crippen MR) is 103 cm³/mol. The van der Waals surface area contributed by atoms with Crippen LogP contribution in [0.2, 0.25) is 0 Å². The summed E-state index contributed by atoms with van der Waals surface area (Å²) >= 11 is 0. The van der Waals surface area contributed by atoms with E-state index in [1.807, 2.05) is 0 Å². The number of hydrogen-bond donors (Lipinski definition) is 8. The molecule has 11 heteroatoms. The molecule has 0 spiro atoms. The van der Waals surface area contributed by atoms with Crippen LogP contribution in [0.25, 0.3) is 0 Å². The zero-order chi connectivity index (χ0) is 22.3. The molecule has 0 amide bonds. The highest BCUT2D eigenvalue weighted by molar-refractivity contribution is 4.95. The molecule has 1 unspecified atom stereocenters. The minimum Gasteiger partial charge on any atom is -0.394 e. The van der Waals surface area contributed by atoms with Crippen LogP contribution in [0.4, 0.5) is 0 Å². The predicted octanol–water partition coefficient (Wildman–Crippen LogP) is -2.83. The van der Waals surface area contributed by atoms with Crippen molar-refractivity contribution in [3.05, 3.63) is 0 Å². The van der Waals surface area contributed by atoms with E-state index in [0.717, 1.165) is 32.1 Å². The smallest absolute Gasteiger partial charge is 0.187 e. The number of nitrogens with one attached hydrogen (secondary N) is 1. The number of rotatable bonds is 11. The van der Waals surface area contributed by atoms with Gasteiger partial charge in [0.15, 0.2) is 6.29 Å². The van der Waals surface area contributed by atoms with Gasteiger partial charge in [-0.15, -0.1) is 0 Å². The monoisotopic (exact) mass is 439 g/mol. The Kier molecular flexibility index (Phi) is 10.8. The molecule has 11 nitrogen and oxygen atoms in total. The summed E-state index contributed by atoms with van der Waals surface area (Å²) in [6.45, 7) is 1.52. The number of aliphatic hydroxyl groups excluding tert-OH is 7. The first-order valence-corrected chi connectivity index (χ1v) is 10.7. The van der Waals surface area contributed by atoms with Crippen LogP contribution in [0, 0.1) is 0 Å². The Hall–Kier alpha value is -0.440. The van der Waals surface area contributed by atoms with Gasteiger partial charge >= 0.3 is 0 Å². The van der Waals surface area contributed by atoms with Crippen molar-refractivity contribution >= 4 is 0 Å². The summed E-state index contributed by atoms with van der Waals surface area (Å²) in [4.78, 5) is 0.